The number of aliphatic hydroxyl groups excluding tert-OH is 1. The number of rotatable bonds is 8. The molecule has 49 heavy (non-hydrogen) atoms. The Bertz CT molecular complexity index is 2350. The second-order valence-corrected chi connectivity index (χ2v) is 12.7. The number of nitrogens with zero attached hydrogens (tertiary/aromatic N) is 6. The van der Waals surface area contributed by atoms with Gasteiger partial charge in [-0.25, -0.2) is 4.98 Å². The van der Waals surface area contributed by atoms with E-state index in [1.807, 2.05) is 41.2 Å². The number of carbonyl (C=O) groups excluding carboxylic acids is 1. The van der Waals surface area contributed by atoms with Crippen molar-refractivity contribution in [1.29, 1.82) is 0 Å². The van der Waals surface area contributed by atoms with Gasteiger partial charge in [0.15, 0.2) is 17.3 Å². The molecule has 3 aromatic carbocycles. The molecule has 1 aliphatic rings. The van der Waals surface area contributed by atoms with E-state index in [0.717, 1.165) is 92.8 Å². The Balaban J connectivity index is 1.08. The minimum atomic E-state index is -0.238. The lowest BCUT2D eigenvalue weighted by Crippen LogP contribution is -2.21. The maximum Gasteiger partial charge on any atom is 0.168 e. The normalized spacial score (nSPS) is 14.9. The quantitative estimate of drug-likeness (QED) is 0.165. The molecule has 5 heterocycles. The van der Waals surface area contributed by atoms with Gasteiger partial charge in [-0.05, 0) is 89.5 Å². The van der Waals surface area contributed by atoms with Gasteiger partial charge < -0.3 is 10.4 Å². The average molecular weight is 646 g/mol. The number of pyridine rings is 3. The molecule has 1 atom stereocenters. The third-order valence-electron chi connectivity index (χ3n) is 9.55. The lowest BCUT2D eigenvalue weighted by atomic mass is 9.90. The first-order valence-corrected chi connectivity index (χ1v) is 16.5. The number of aromatic nitrogens is 5. The fraction of sp³-hybridized carbons (Fsp3) is 0.175. The molecule has 9 heteroatoms. The second kappa shape index (κ2) is 12.7. The summed E-state index contributed by atoms with van der Waals surface area (Å²) in [6.07, 6.45) is 7.16. The number of benzene rings is 3. The van der Waals surface area contributed by atoms with Crippen LogP contribution in [0, 0.1) is 13.8 Å². The van der Waals surface area contributed by atoms with Crippen molar-refractivity contribution in [3.05, 3.63) is 126 Å². The molecule has 4 aromatic heterocycles. The largest absolute Gasteiger partial charge is 0.392 e. The van der Waals surface area contributed by atoms with Crippen LogP contribution in [0.15, 0.2) is 104 Å². The second-order valence-electron chi connectivity index (χ2n) is 12.7. The number of fused-ring (bicyclic) bond motifs is 2. The molecule has 0 unspecified atom stereocenters. The fourth-order valence-corrected chi connectivity index (χ4v) is 6.89. The van der Waals surface area contributed by atoms with Gasteiger partial charge in [0.2, 0.25) is 0 Å². The molecule has 1 aliphatic heterocycles. The van der Waals surface area contributed by atoms with Crippen LogP contribution in [0.4, 0.5) is 11.5 Å². The third kappa shape index (κ3) is 5.83. The first-order chi connectivity index (χ1) is 23.9. The van der Waals surface area contributed by atoms with E-state index in [1.54, 1.807) is 12.1 Å². The number of hydrogen-bond acceptors (Lipinski definition) is 8. The maximum atomic E-state index is 11.1. The van der Waals surface area contributed by atoms with Crippen molar-refractivity contribution in [3.63, 3.8) is 0 Å². The predicted octanol–water partition coefficient (Wildman–Crippen LogP) is 7.41. The van der Waals surface area contributed by atoms with Crippen LogP contribution >= 0.6 is 0 Å². The van der Waals surface area contributed by atoms with Gasteiger partial charge in [-0.1, -0.05) is 54.6 Å². The summed E-state index contributed by atoms with van der Waals surface area (Å²) in [5.74, 6) is 1.44. The molecule has 0 aliphatic carbocycles. The Hall–Kier alpha value is -5.77. The lowest BCUT2D eigenvalue weighted by molar-refractivity contribution is 0.112. The smallest absolute Gasteiger partial charge is 0.168 e. The summed E-state index contributed by atoms with van der Waals surface area (Å²) < 4.78 is 1.97. The van der Waals surface area contributed by atoms with Crippen molar-refractivity contribution in [2.24, 2.45) is 0 Å². The van der Waals surface area contributed by atoms with Gasteiger partial charge in [0.05, 0.1) is 6.10 Å². The summed E-state index contributed by atoms with van der Waals surface area (Å²) in [5.41, 5.74) is 11.9. The summed E-state index contributed by atoms with van der Waals surface area (Å²) in [5, 5.41) is 23.4. The molecule has 8 rings (SSSR count). The minimum Gasteiger partial charge on any atom is -0.392 e. The standard InChI is InChI=1S/C40H35N7O2/c1-25-33(30-14-18-47-37(20-30)44-45-40(47)29-11-9-27(24-48)10-12-29)5-3-6-34(25)35-7-4-8-36(26(35)2)43-39-38-31(13-16-41-39)19-28(21-42-38)22-46-17-15-32(49)23-46/h3-14,16,18-21,24,32,49H,15,17,22-23H2,1-2H3,(H,41,43)/t32-/m1/s1. The molecule has 1 fully saturated rings. The van der Waals surface area contributed by atoms with Crippen molar-refractivity contribution in [2.45, 2.75) is 32.9 Å². The molecule has 7 aromatic rings. The molecule has 2 N–H and O–H groups in total. The van der Waals surface area contributed by atoms with Crippen LogP contribution in [-0.4, -0.2) is 60.1 Å². The van der Waals surface area contributed by atoms with Gasteiger partial charge in [0.1, 0.15) is 11.8 Å². The van der Waals surface area contributed by atoms with E-state index < -0.39 is 0 Å². The molecule has 0 bridgehead atoms. The maximum absolute atomic E-state index is 11.1. The number of nitrogens with one attached hydrogen (secondary N) is 1. The Kier molecular flexibility index (Phi) is 7.91. The number of hydrogen-bond donors (Lipinski definition) is 2. The van der Waals surface area contributed by atoms with Crippen LogP contribution in [0.5, 0.6) is 0 Å². The van der Waals surface area contributed by atoms with Crippen LogP contribution in [0.2, 0.25) is 0 Å². The molecule has 0 spiro atoms. The highest BCUT2D eigenvalue weighted by atomic mass is 16.3. The third-order valence-corrected chi connectivity index (χ3v) is 9.55. The van der Waals surface area contributed by atoms with E-state index in [1.165, 1.54) is 5.56 Å². The van der Waals surface area contributed by atoms with E-state index in [4.69, 9.17) is 4.98 Å². The van der Waals surface area contributed by atoms with Gasteiger partial charge in [-0.3, -0.25) is 19.1 Å². The zero-order valence-electron chi connectivity index (χ0n) is 27.3. The van der Waals surface area contributed by atoms with Crippen LogP contribution in [0.1, 0.15) is 33.5 Å². The summed E-state index contributed by atoms with van der Waals surface area (Å²) in [6, 6.07) is 28.4. The van der Waals surface area contributed by atoms with E-state index in [9.17, 15) is 9.90 Å². The zero-order valence-corrected chi connectivity index (χ0v) is 27.3. The predicted molar refractivity (Wildman–Crippen MR) is 193 cm³/mol. The molecule has 0 radical (unpaired) electrons. The molecule has 0 amide bonds. The van der Waals surface area contributed by atoms with Crippen LogP contribution in [-0.2, 0) is 6.54 Å². The summed E-state index contributed by atoms with van der Waals surface area (Å²) in [6.45, 7) is 6.68. The summed E-state index contributed by atoms with van der Waals surface area (Å²) in [7, 11) is 0. The Morgan fingerprint density at radius 1 is 0.878 bits per heavy atom. The first kappa shape index (κ1) is 30.6. The van der Waals surface area contributed by atoms with Crippen molar-refractivity contribution >= 4 is 34.3 Å². The van der Waals surface area contributed by atoms with Crippen LogP contribution in [0.3, 0.4) is 0 Å². The van der Waals surface area contributed by atoms with E-state index in [2.05, 4.69) is 93.8 Å². The fourth-order valence-electron chi connectivity index (χ4n) is 6.89. The van der Waals surface area contributed by atoms with Crippen molar-refractivity contribution in [1.82, 2.24) is 29.5 Å². The van der Waals surface area contributed by atoms with Gasteiger partial charge >= 0.3 is 0 Å². The lowest BCUT2D eigenvalue weighted by Gasteiger charge is -2.18. The molecule has 9 nitrogen and oxygen atoms in total. The summed E-state index contributed by atoms with van der Waals surface area (Å²) in [4.78, 5) is 22.8. The van der Waals surface area contributed by atoms with E-state index in [-0.39, 0.29) is 6.10 Å². The monoisotopic (exact) mass is 645 g/mol. The Labute approximate surface area is 283 Å². The SMILES string of the molecule is Cc1c(Nc2nccc3cc(CN4CC[C@@H](O)C4)cnc23)cccc1-c1cccc(-c2ccn3c(-c4ccc(C=O)cc4)nnc3c2)c1C. The molecule has 1 saturated heterocycles. The van der Waals surface area contributed by atoms with E-state index >= 15 is 0 Å². The van der Waals surface area contributed by atoms with Gasteiger partial charge in [-0.2, -0.15) is 0 Å². The highest BCUT2D eigenvalue weighted by Crippen LogP contribution is 2.37. The number of β-amino-alcohol motifs (C(OH)–C–C–N with tert-alkyl or cyclic N) is 1. The number of aliphatic hydroxyl groups is 1. The van der Waals surface area contributed by atoms with Crippen LogP contribution < -0.4 is 5.32 Å². The highest BCUT2D eigenvalue weighted by molar-refractivity contribution is 5.91. The molecular weight excluding hydrogens is 610 g/mol. The van der Waals surface area contributed by atoms with Crippen molar-refractivity contribution in [3.8, 4) is 33.6 Å². The van der Waals surface area contributed by atoms with Gasteiger partial charge in [0.25, 0.3) is 0 Å². The van der Waals surface area contributed by atoms with Crippen molar-refractivity contribution in [2.75, 3.05) is 18.4 Å². The number of anilines is 2. The first-order valence-electron chi connectivity index (χ1n) is 16.5. The van der Waals surface area contributed by atoms with Crippen molar-refractivity contribution < 1.29 is 9.90 Å². The highest BCUT2D eigenvalue weighted by Gasteiger charge is 2.20. The molecular formula is C40H35N7O2. The Morgan fingerprint density at radius 2 is 1.67 bits per heavy atom. The zero-order chi connectivity index (χ0) is 33.5. The molecule has 0 saturated carbocycles. The van der Waals surface area contributed by atoms with E-state index in [0.29, 0.717) is 17.9 Å². The number of aldehydes is 1. The van der Waals surface area contributed by atoms with Gasteiger partial charge in [-0.15, -0.1) is 10.2 Å². The van der Waals surface area contributed by atoms with Gasteiger partial charge in [0, 0.05) is 60.4 Å². The minimum absolute atomic E-state index is 0.238. The van der Waals surface area contributed by atoms with Crippen LogP contribution in [0.25, 0.3) is 50.2 Å². The topological polar surface area (TPSA) is 109 Å². The Morgan fingerprint density at radius 3 is 2.47 bits per heavy atom. The number of carbonyl (C=O) groups is 1. The average Bonchev–Trinajstić information content (AvgIpc) is 3.74. The molecule has 242 valence electrons. The number of likely N-dealkylation sites (tertiary alicyclic amines) is 1. The summed E-state index contributed by atoms with van der Waals surface area (Å²) >= 11 is 0.